The van der Waals surface area contributed by atoms with Gasteiger partial charge in [-0.05, 0) is 25.3 Å². The standard InChI is InChI=1S/C20H20O5/c1-19-9-15(12-6-8-23-10-12)25-18(22)13(19)5-7-20-11-24-17(21)14(20)3-2-4-16(19)20/h2-4,6,8,10,13-15H,5,7,9,11H2,1H3/t13-,14-,15+,19-,20-/m1/s1. The van der Waals surface area contributed by atoms with Gasteiger partial charge in [-0.1, -0.05) is 30.7 Å². The number of esters is 2. The number of hydrogen-bond donors (Lipinski definition) is 0. The summed E-state index contributed by atoms with van der Waals surface area (Å²) in [6.07, 6.45) is 11.1. The van der Waals surface area contributed by atoms with Gasteiger partial charge in [-0.15, -0.1) is 0 Å². The fraction of sp³-hybridized carbons (Fsp3) is 0.500. The summed E-state index contributed by atoms with van der Waals surface area (Å²) in [5, 5.41) is 0. The zero-order valence-electron chi connectivity index (χ0n) is 14.1. The fourth-order valence-corrected chi connectivity index (χ4v) is 5.49. The lowest BCUT2D eigenvalue weighted by Gasteiger charge is -2.55. The molecule has 2 saturated heterocycles. The van der Waals surface area contributed by atoms with Gasteiger partial charge < -0.3 is 13.9 Å². The molecule has 3 fully saturated rings. The maximum absolute atomic E-state index is 12.8. The normalized spacial score (nSPS) is 42.0. The summed E-state index contributed by atoms with van der Waals surface area (Å²) in [6, 6.07) is 1.85. The third kappa shape index (κ3) is 1.84. The second-order valence-electron chi connectivity index (χ2n) is 7.90. The van der Waals surface area contributed by atoms with E-state index in [1.807, 2.05) is 18.2 Å². The molecule has 0 amide bonds. The third-order valence-electron chi connectivity index (χ3n) is 6.75. The van der Waals surface area contributed by atoms with Gasteiger partial charge in [0.15, 0.2) is 0 Å². The van der Waals surface area contributed by atoms with Crippen molar-refractivity contribution in [2.24, 2.45) is 22.7 Å². The highest BCUT2D eigenvalue weighted by Gasteiger charge is 2.63. The molecule has 1 saturated carbocycles. The minimum absolute atomic E-state index is 0.145. The maximum atomic E-state index is 12.8. The molecule has 1 aromatic rings. The highest BCUT2D eigenvalue weighted by molar-refractivity contribution is 5.81. The molecule has 0 unspecified atom stereocenters. The van der Waals surface area contributed by atoms with Crippen molar-refractivity contribution in [3.05, 3.63) is 48.0 Å². The molecule has 130 valence electrons. The smallest absolute Gasteiger partial charge is 0.313 e. The number of fused-ring (bicyclic) bond motifs is 2. The highest BCUT2D eigenvalue weighted by atomic mass is 16.5. The largest absolute Gasteiger partial charge is 0.472 e. The Morgan fingerprint density at radius 1 is 1.24 bits per heavy atom. The van der Waals surface area contributed by atoms with E-state index in [9.17, 15) is 9.59 Å². The average molecular weight is 340 g/mol. The van der Waals surface area contributed by atoms with Gasteiger partial charge in [-0.25, -0.2) is 0 Å². The summed E-state index contributed by atoms with van der Waals surface area (Å²) < 4.78 is 16.4. The Morgan fingerprint density at radius 3 is 2.92 bits per heavy atom. The zero-order chi connectivity index (χ0) is 17.2. The number of rotatable bonds is 1. The van der Waals surface area contributed by atoms with Crippen molar-refractivity contribution in [3.63, 3.8) is 0 Å². The van der Waals surface area contributed by atoms with Crippen molar-refractivity contribution in [2.75, 3.05) is 6.61 Å². The van der Waals surface area contributed by atoms with Crippen molar-refractivity contribution >= 4 is 11.9 Å². The van der Waals surface area contributed by atoms with Crippen LogP contribution in [0.25, 0.3) is 0 Å². The van der Waals surface area contributed by atoms with Crippen molar-refractivity contribution < 1.29 is 23.5 Å². The van der Waals surface area contributed by atoms with Crippen molar-refractivity contribution in [2.45, 2.75) is 32.3 Å². The summed E-state index contributed by atoms with van der Waals surface area (Å²) in [5.41, 5.74) is 1.43. The van der Waals surface area contributed by atoms with Gasteiger partial charge in [0.25, 0.3) is 0 Å². The molecular weight excluding hydrogens is 320 g/mol. The van der Waals surface area contributed by atoms with E-state index in [-0.39, 0.29) is 40.7 Å². The highest BCUT2D eigenvalue weighted by Crippen LogP contribution is 2.64. The molecule has 2 aliphatic heterocycles. The van der Waals surface area contributed by atoms with Gasteiger partial charge in [-0.2, -0.15) is 0 Å². The van der Waals surface area contributed by atoms with Gasteiger partial charge in [0.1, 0.15) is 12.7 Å². The van der Waals surface area contributed by atoms with Crippen LogP contribution in [0.5, 0.6) is 0 Å². The molecule has 25 heavy (non-hydrogen) atoms. The van der Waals surface area contributed by atoms with Gasteiger partial charge in [-0.3, -0.25) is 9.59 Å². The van der Waals surface area contributed by atoms with E-state index >= 15 is 0 Å². The van der Waals surface area contributed by atoms with Gasteiger partial charge >= 0.3 is 11.9 Å². The van der Waals surface area contributed by atoms with Crippen molar-refractivity contribution in [3.8, 4) is 0 Å². The number of allylic oxidation sites excluding steroid dienone is 2. The Hall–Kier alpha value is -2.30. The van der Waals surface area contributed by atoms with Gasteiger partial charge in [0.2, 0.25) is 0 Å². The molecule has 5 heteroatoms. The molecule has 0 radical (unpaired) electrons. The summed E-state index contributed by atoms with van der Waals surface area (Å²) >= 11 is 0. The van der Waals surface area contributed by atoms with Crippen LogP contribution in [-0.4, -0.2) is 18.5 Å². The first-order valence-electron chi connectivity index (χ1n) is 8.83. The molecule has 0 N–H and O–H groups in total. The van der Waals surface area contributed by atoms with E-state index in [2.05, 4.69) is 13.0 Å². The number of carbonyl (C=O) groups excluding carboxylic acids is 2. The molecule has 2 aliphatic carbocycles. The Morgan fingerprint density at radius 2 is 2.12 bits per heavy atom. The molecular formula is C20H20O5. The summed E-state index contributed by atoms with van der Waals surface area (Å²) in [6.45, 7) is 2.57. The Bertz CT molecular complexity index is 804. The number of cyclic esters (lactones) is 2. The van der Waals surface area contributed by atoms with E-state index < -0.39 is 0 Å². The van der Waals surface area contributed by atoms with Gasteiger partial charge in [0.05, 0.1) is 24.4 Å². The minimum atomic E-state index is -0.341. The predicted octanol–water partition coefficient (Wildman–Crippen LogP) is 3.34. The van der Waals surface area contributed by atoms with Crippen LogP contribution in [-0.2, 0) is 19.1 Å². The lowest BCUT2D eigenvalue weighted by atomic mass is 9.49. The van der Waals surface area contributed by atoms with Crippen molar-refractivity contribution in [1.29, 1.82) is 0 Å². The van der Waals surface area contributed by atoms with E-state index in [0.717, 1.165) is 18.4 Å². The number of ether oxygens (including phenoxy) is 2. The minimum Gasteiger partial charge on any atom is -0.472 e. The maximum Gasteiger partial charge on any atom is 0.313 e. The SMILES string of the molecule is C[C@@]12C[C@@H](c3ccoc3)OC(=O)[C@H]1CC[C@@]13COC(=O)[C@H]1C=CC=C32. The molecule has 5 nitrogen and oxygen atoms in total. The second kappa shape index (κ2) is 4.87. The lowest BCUT2D eigenvalue weighted by molar-refractivity contribution is -0.175. The topological polar surface area (TPSA) is 65.7 Å². The first-order valence-corrected chi connectivity index (χ1v) is 8.83. The Labute approximate surface area is 145 Å². The third-order valence-corrected chi connectivity index (χ3v) is 6.75. The Kier molecular flexibility index (Phi) is 2.92. The van der Waals surface area contributed by atoms with E-state index in [4.69, 9.17) is 13.9 Å². The summed E-state index contributed by atoms with van der Waals surface area (Å²) in [4.78, 5) is 25.0. The van der Waals surface area contributed by atoms with Crippen LogP contribution < -0.4 is 0 Å². The van der Waals surface area contributed by atoms with Crippen LogP contribution in [0.1, 0.15) is 37.9 Å². The number of hydrogen-bond acceptors (Lipinski definition) is 5. The Balaban J connectivity index is 1.60. The zero-order valence-corrected chi connectivity index (χ0v) is 14.1. The molecule has 5 rings (SSSR count). The summed E-state index contributed by atoms with van der Waals surface area (Å²) in [7, 11) is 0. The van der Waals surface area contributed by atoms with Gasteiger partial charge in [0, 0.05) is 16.4 Å². The lowest BCUT2D eigenvalue weighted by Crippen LogP contribution is -2.53. The molecule has 3 heterocycles. The average Bonchev–Trinajstić information content (AvgIpc) is 3.23. The quantitative estimate of drug-likeness (QED) is 0.734. The molecule has 1 spiro atoms. The van der Waals surface area contributed by atoms with E-state index in [0.29, 0.717) is 13.0 Å². The van der Waals surface area contributed by atoms with Crippen LogP contribution in [0.2, 0.25) is 0 Å². The molecule has 5 atom stereocenters. The van der Waals surface area contributed by atoms with Crippen LogP contribution in [0.15, 0.2) is 46.8 Å². The monoisotopic (exact) mass is 340 g/mol. The molecule has 0 bridgehead atoms. The van der Waals surface area contributed by atoms with Crippen LogP contribution in [0, 0.1) is 22.7 Å². The van der Waals surface area contributed by atoms with Crippen LogP contribution in [0.4, 0.5) is 0 Å². The predicted molar refractivity (Wildman–Crippen MR) is 87.1 cm³/mol. The van der Waals surface area contributed by atoms with E-state index in [1.54, 1.807) is 12.5 Å². The molecule has 1 aromatic heterocycles. The first kappa shape index (κ1) is 15.0. The van der Waals surface area contributed by atoms with Crippen molar-refractivity contribution in [1.82, 2.24) is 0 Å². The number of furan rings is 1. The first-order chi connectivity index (χ1) is 12.0. The molecule has 0 aromatic carbocycles. The molecule has 4 aliphatic rings. The van der Waals surface area contributed by atoms with Crippen LogP contribution in [0.3, 0.4) is 0 Å². The fourth-order valence-electron chi connectivity index (χ4n) is 5.49. The van der Waals surface area contributed by atoms with E-state index in [1.165, 1.54) is 5.57 Å². The van der Waals surface area contributed by atoms with Crippen LogP contribution >= 0.6 is 0 Å². The summed E-state index contributed by atoms with van der Waals surface area (Å²) in [5.74, 6) is -0.688. The second-order valence-corrected chi connectivity index (χ2v) is 7.90. The number of carbonyl (C=O) groups is 2.